The van der Waals surface area contributed by atoms with Gasteiger partial charge >= 0.3 is 0 Å². The van der Waals surface area contributed by atoms with Crippen LogP contribution < -0.4 is 5.32 Å². The van der Waals surface area contributed by atoms with Crippen LogP contribution in [-0.4, -0.2) is 42.0 Å². The van der Waals surface area contributed by atoms with Gasteiger partial charge in [-0.05, 0) is 58.5 Å². The predicted molar refractivity (Wildman–Crippen MR) is 90.4 cm³/mol. The smallest absolute Gasteiger partial charge is 0.222 e. The largest absolute Gasteiger partial charge is 0.342 e. The van der Waals surface area contributed by atoms with Gasteiger partial charge in [0.25, 0.3) is 0 Å². The lowest BCUT2D eigenvalue weighted by Gasteiger charge is -2.32. The lowest BCUT2D eigenvalue weighted by atomic mass is 9.97. The Hall–Kier alpha value is -0.940. The van der Waals surface area contributed by atoms with E-state index in [0.717, 1.165) is 51.1 Å². The molecule has 3 rings (SSSR count). The lowest BCUT2D eigenvalue weighted by molar-refractivity contribution is -0.132. The molecule has 2 fully saturated rings. The maximum atomic E-state index is 12.5. The average molecular weight is 321 g/mol. The fourth-order valence-corrected chi connectivity index (χ4v) is 4.57. The Morgan fingerprint density at radius 3 is 2.95 bits per heavy atom. The maximum Gasteiger partial charge on any atom is 0.222 e. The van der Waals surface area contributed by atoms with E-state index in [-0.39, 0.29) is 0 Å². The van der Waals surface area contributed by atoms with Crippen LogP contribution in [0.15, 0.2) is 0 Å². The molecule has 122 valence electrons. The molecule has 2 atom stereocenters. The molecule has 2 unspecified atom stereocenters. The van der Waals surface area contributed by atoms with Crippen molar-refractivity contribution >= 4 is 17.2 Å². The van der Waals surface area contributed by atoms with Gasteiger partial charge in [-0.25, -0.2) is 4.98 Å². The number of aryl methyl sites for hydroxylation is 2. The van der Waals surface area contributed by atoms with Gasteiger partial charge in [-0.15, -0.1) is 11.3 Å². The van der Waals surface area contributed by atoms with Gasteiger partial charge in [0.05, 0.1) is 10.7 Å². The standard InChI is InChI=1S/C17H27N3OS/c1-12-13(2)22-17(19-12)15-4-3-9-20(11-15)16(21)6-5-14-7-8-18-10-14/h14-15,18H,3-11H2,1-2H3. The molecule has 0 aliphatic carbocycles. The van der Waals surface area contributed by atoms with Crippen molar-refractivity contribution in [1.29, 1.82) is 0 Å². The number of nitrogens with zero attached hydrogens (tertiary/aromatic N) is 2. The van der Waals surface area contributed by atoms with Crippen molar-refractivity contribution in [2.75, 3.05) is 26.2 Å². The number of thiazole rings is 1. The van der Waals surface area contributed by atoms with Gasteiger partial charge in [0, 0.05) is 30.3 Å². The first-order valence-corrected chi connectivity index (χ1v) is 9.37. The molecule has 2 saturated heterocycles. The molecule has 22 heavy (non-hydrogen) atoms. The first-order valence-electron chi connectivity index (χ1n) is 8.56. The highest BCUT2D eigenvalue weighted by Gasteiger charge is 2.27. The van der Waals surface area contributed by atoms with E-state index in [1.54, 1.807) is 0 Å². The van der Waals surface area contributed by atoms with Gasteiger partial charge in [-0.3, -0.25) is 4.79 Å². The molecule has 0 spiro atoms. The first-order chi connectivity index (χ1) is 10.6. The molecule has 0 aromatic carbocycles. The number of nitrogens with one attached hydrogen (secondary N) is 1. The van der Waals surface area contributed by atoms with Crippen molar-refractivity contribution in [3.63, 3.8) is 0 Å². The SMILES string of the molecule is Cc1nc(C2CCCN(C(=O)CCC3CCNC3)C2)sc1C. The van der Waals surface area contributed by atoms with E-state index in [2.05, 4.69) is 24.1 Å². The van der Waals surface area contributed by atoms with Crippen LogP contribution in [0, 0.1) is 19.8 Å². The van der Waals surface area contributed by atoms with Crippen LogP contribution in [0.1, 0.15) is 53.6 Å². The van der Waals surface area contributed by atoms with Crippen LogP contribution in [0.25, 0.3) is 0 Å². The van der Waals surface area contributed by atoms with Crippen LogP contribution in [0.3, 0.4) is 0 Å². The molecule has 3 heterocycles. The summed E-state index contributed by atoms with van der Waals surface area (Å²) in [6, 6.07) is 0. The van der Waals surface area contributed by atoms with Gasteiger partial charge in [-0.1, -0.05) is 0 Å². The highest BCUT2D eigenvalue weighted by Crippen LogP contribution is 2.31. The number of hydrogen-bond acceptors (Lipinski definition) is 4. The quantitative estimate of drug-likeness (QED) is 0.927. The van der Waals surface area contributed by atoms with E-state index in [1.807, 2.05) is 11.3 Å². The van der Waals surface area contributed by atoms with Gasteiger partial charge in [0.15, 0.2) is 0 Å². The average Bonchev–Trinajstić information content (AvgIpc) is 3.16. The van der Waals surface area contributed by atoms with E-state index in [9.17, 15) is 4.79 Å². The van der Waals surface area contributed by atoms with E-state index in [1.165, 1.54) is 22.7 Å². The second kappa shape index (κ2) is 7.09. The summed E-state index contributed by atoms with van der Waals surface area (Å²) in [6.07, 6.45) is 5.27. The Bertz CT molecular complexity index is 502. The Kier molecular flexibility index (Phi) is 5.14. The van der Waals surface area contributed by atoms with E-state index < -0.39 is 0 Å². The second-order valence-corrected chi connectivity index (χ2v) is 8.00. The van der Waals surface area contributed by atoms with Gasteiger partial charge < -0.3 is 10.2 Å². The number of amides is 1. The van der Waals surface area contributed by atoms with Gasteiger partial charge in [0.2, 0.25) is 5.91 Å². The Labute approximate surface area is 137 Å². The number of carbonyl (C=O) groups excluding carboxylic acids is 1. The molecule has 1 N–H and O–H groups in total. The summed E-state index contributed by atoms with van der Waals surface area (Å²) in [6.45, 7) is 8.23. The molecule has 5 heteroatoms. The van der Waals surface area contributed by atoms with Gasteiger partial charge in [-0.2, -0.15) is 0 Å². The second-order valence-electron chi connectivity index (χ2n) is 6.77. The highest BCUT2D eigenvalue weighted by atomic mass is 32.1. The summed E-state index contributed by atoms with van der Waals surface area (Å²) < 4.78 is 0. The van der Waals surface area contributed by atoms with Crippen molar-refractivity contribution in [3.8, 4) is 0 Å². The summed E-state index contributed by atoms with van der Waals surface area (Å²) in [4.78, 5) is 20.6. The minimum absolute atomic E-state index is 0.349. The Balaban J connectivity index is 1.54. The molecule has 1 aromatic rings. The molecule has 1 aromatic heterocycles. The molecular formula is C17H27N3OS. The monoisotopic (exact) mass is 321 g/mol. The minimum Gasteiger partial charge on any atom is -0.342 e. The Morgan fingerprint density at radius 2 is 2.27 bits per heavy atom. The maximum absolute atomic E-state index is 12.5. The highest BCUT2D eigenvalue weighted by molar-refractivity contribution is 7.11. The number of hydrogen-bond donors (Lipinski definition) is 1. The number of aromatic nitrogens is 1. The molecular weight excluding hydrogens is 294 g/mol. The molecule has 2 aliphatic heterocycles. The summed E-state index contributed by atoms with van der Waals surface area (Å²) in [7, 11) is 0. The van der Waals surface area contributed by atoms with Crippen LogP contribution in [0.4, 0.5) is 0 Å². The molecule has 0 bridgehead atoms. The Morgan fingerprint density at radius 1 is 1.41 bits per heavy atom. The number of carbonyl (C=O) groups is 1. The third-order valence-electron chi connectivity index (χ3n) is 5.10. The predicted octanol–water partition coefficient (Wildman–Crippen LogP) is 2.86. The zero-order chi connectivity index (χ0) is 15.5. The first kappa shape index (κ1) is 15.9. The van der Waals surface area contributed by atoms with Crippen molar-refractivity contribution in [3.05, 3.63) is 15.6 Å². The lowest BCUT2D eigenvalue weighted by Crippen LogP contribution is -2.39. The zero-order valence-electron chi connectivity index (χ0n) is 13.7. The molecule has 0 saturated carbocycles. The van der Waals surface area contributed by atoms with Crippen LogP contribution in [-0.2, 0) is 4.79 Å². The third-order valence-corrected chi connectivity index (χ3v) is 6.33. The van der Waals surface area contributed by atoms with E-state index >= 15 is 0 Å². The molecule has 0 radical (unpaired) electrons. The fourth-order valence-electron chi connectivity index (χ4n) is 3.52. The van der Waals surface area contributed by atoms with Gasteiger partial charge in [0.1, 0.15) is 0 Å². The van der Waals surface area contributed by atoms with Crippen LogP contribution in [0.5, 0.6) is 0 Å². The zero-order valence-corrected chi connectivity index (χ0v) is 14.5. The van der Waals surface area contributed by atoms with Crippen LogP contribution >= 0.6 is 11.3 Å². The van der Waals surface area contributed by atoms with E-state index in [4.69, 9.17) is 4.98 Å². The number of piperidine rings is 1. The van der Waals surface area contributed by atoms with Crippen molar-refractivity contribution < 1.29 is 4.79 Å². The summed E-state index contributed by atoms with van der Waals surface area (Å²) in [5, 5.41) is 4.61. The summed E-state index contributed by atoms with van der Waals surface area (Å²) in [5.74, 6) is 1.50. The summed E-state index contributed by atoms with van der Waals surface area (Å²) >= 11 is 1.81. The normalized spacial score (nSPS) is 25.6. The number of likely N-dealkylation sites (tertiary alicyclic amines) is 1. The topological polar surface area (TPSA) is 45.2 Å². The third kappa shape index (κ3) is 3.69. The summed E-state index contributed by atoms with van der Waals surface area (Å²) in [5.41, 5.74) is 1.15. The van der Waals surface area contributed by atoms with Crippen molar-refractivity contribution in [1.82, 2.24) is 15.2 Å². The fraction of sp³-hybridized carbons (Fsp3) is 0.765. The molecule has 4 nitrogen and oxygen atoms in total. The van der Waals surface area contributed by atoms with Crippen LogP contribution in [0.2, 0.25) is 0 Å². The minimum atomic E-state index is 0.349. The number of rotatable bonds is 4. The van der Waals surface area contributed by atoms with E-state index in [0.29, 0.717) is 17.7 Å². The van der Waals surface area contributed by atoms with Crippen molar-refractivity contribution in [2.24, 2.45) is 5.92 Å². The molecule has 1 amide bonds. The van der Waals surface area contributed by atoms with Crippen molar-refractivity contribution in [2.45, 2.75) is 51.9 Å². The molecule has 2 aliphatic rings.